The highest BCUT2D eigenvalue weighted by atomic mass is 16.6. The van der Waals surface area contributed by atoms with Gasteiger partial charge in [0.1, 0.15) is 13.2 Å². The number of hydrogen-bond donors (Lipinski definition) is 0. The fourth-order valence-electron chi connectivity index (χ4n) is 6.79. The van der Waals surface area contributed by atoms with Gasteiger partial charge in [-0.2, -0.15) is 0 Å². The third-order valence-corrected chi connectivity index (χ3v) is 10.6. The van der Waals surface area contributed by atoms with Gasteiger partial charge >= 0.3 is 17.9 Å². The molecule has 6 heteroatoms. The van der Waals surface area contributed by atoms with Crippen LogP contribution in [-0.2, 0) is 28.6 Å². The SMILES string of the molecule is CC/C=C\C/C=C\C/C=C\C/C=C\C/C=C\C/C=C\CCCCCCC(=O)OCC(COC(=O)CCCCCCCCCCC)OC(=O)CCCCCCC/C=C\CCCCC. The van der Waals surface area contributed by atoms with Gasteiger partial charge in [-0.05, 0) is 96.3 Å². The van der Waals surface area contributed by atoms with Crippen molar-refractivity contribution in [1.82, 2.24) is 0 Å². The molecule has 0 bridgehead atoms. The Kier molecular flexibility index (Phi) is 47.5. The summed E-state index contributed by atoms with van der Waals surface area (Å²) in [5.74, 6) is -0.928. The summed E-state index contributed by atoms with van der Waals surface area (Å²) in [5.41, 5.74) is 0. The molecule has 1 atom stereocenters. The summed E-state index contributed by atoms with van der Waals surface area (Å²) in [6.45, 7) is 6.44. The van der Waals surface area contributed by atoms with E-state index >= 15 is 0 Å². The number of esters is 3. The van der Waals surface area contributed by atoms with Crippen LogP contribution in [0.2, 0.25) is 0 Å². The smallest absolute Gasteiger partial charge is 0.306 e. The maximum Gasteiger partial charge on any atom is 0.306 e. The first-order chi connectivity index (χ1) is 30.5. The minimum atomic E-state index is -0.788. The topological polar surface area (TPSA) is 78.9 Å². The third-order valence-electron chi connectivity index (χ3n) is 10.6. The second-order valence-electron chi connectivity index (χ2n) is 16.7. The van der Waals surface area contributed by atoms with Crippen LogP contribution < -0.4 is 0 Å². The average Bonchev–Trinajstić information content (AvgIpc) is 3.27. The minimum Gasteiger partial charge on any atom is -0.462 e. The van der Waals surface area contributed by atoms with Crippen molar-refractivity contribution in [2.75, 3.05) is 13.2 Å². The first kappa shape index (κ1) is 58.6. The van der Waals surface area contributed by atoms with Crippen LogP contribution in [0.4, 0.5) is 0 Å². The van der Waals surface area contributed by atoms with Gasteiger partial charge in [0.25, 0.3) is 0 Å². The second-order valence-corrected chi connectivity index (χ2v) is 16.7. The van der Waals surface area contributed by atoms with E-state index in [1.807, 2.05) is 0 Å². The van der Waals surface area contributed by atoms with Gasteiger partial charge in [0.15, 0.2) is 6.10 Å². The highest BCUT2D eigenvalue weighted by molar-refractivity contribution is 5.71. The molecule has 0 saturated heterocycles. The molecule has 6 nitrogen and oxygen atoms in total. The zero-order valence-electron chi connectivity index (χ0n) is 40.4. The van der Waals surface area contributed by atoms with Crippen LogP contribution in [-0.4, -0.2) is 37.2 Å². The summed E-state index contributed by atoms with van der Waals surface area (Å²) in [4.78, 5) is 37.8. The van der Waals surface area contributed by atoms with Crippen molar-refractivity contribution in [2.45, 2.75) is 239 Å². The van der Waals surface area contributed by atoms with Crippen LogP contribution >= 0.6 is 0 Å². The summed E-state index contributed by atoms with van der Waals surface area (Å²) in [6, 6.07) is 0. The number of carbonyl (C=O) groups is 3. The predicted octanol–water partition coefficient (Wildman–Crippen LogP) is 16.8. The molecule has 0 aliphatic carbocycles. The second kappa shape index (κ2) is 50.2. The molecule has 0 aliphatic heterocycles. The molecule has 0 spiro atoms. The molecule has 0 aromatic rings. The molecule has 0 amide bonds. The largest absolute Gasteiger partial charge is 0.462 e. The molecule has 0 aliphatic rings. The maximum atomic E-state index is 12.7. The van der Waals surface area contributed by atoms with Gasteiger partial charge in [-0.15, -0.1) is 0 Å². The van der Waals surface area contributed by atoms with Gasteiger partial charge in [0.2, 0.25) is 0 Å². The van der Waals surface area contributed by atoms with E-state index < -0.39 is 6.10 Å². The normalized spacial score (nSPS) is 12.8. The molecule has 0 fully saturated rings. The van der Waals surface area contributed by atoms with Crippen LogP contribution in [0.3, 0.4) is 0 Å². The molecule has 0 aromatic carbocycles. The first-order valence-corrected chi connectivity index (χ1v) is 25.6. The third kappa shape index (κ3) is 47.6. The average molecular weight is 863 g/mol. The molecule has 0 heterocycles. The van der Waals surface area contributed by atoms with E-state index in [2.05, 4.69) is 106 Å². The molecular weight excluding hydrogens is 769 g/mol. The Labute approximate surface area is 382 Å². The summed E-state index contributed by atoms with van der Waals surface area (Å²) >= 11 is 0. The van der Waals surface area contributed by atoms with Gasteiger partial charge in [-0.3, -0.25) is 14.4 Å². The molecule has 0 aromatic heterocycles. The quantitative estimate of drug-likeness (QED) is 0.0263. The van der Waals surface area contributed by atoms with Gasteiger partial charge in [-0.1, -0.05) is 202 Å². The van der Waals surface area contributed by atoms with E-state index in [9.17, 15) is 14.4 Å². The lowest BCUT2D eigenvalue weighted by atomic mass is 10.1. The van der Waals surface area contributed by atoms with Gasteiger partial charge in [-0.25, -0.2) is 0 Å². The van der Waals surface area contributed by atoms with Crippen molar-refractivity contribution in [3.05, 3.63) is 85.1 Å². The van der Waals surface area contributed by atoms with Crippen LogP contribution in [0.25, 0.3) is 0 Å². The van der Waals surface area contributed by atoms with Crippen molar-refractivity contribution in [3.8, 4) is 0 Å². The van der Waals surface area contributed by atoms with Crippen molar-refractivity contribution in [2.24, 2.45) is 0 Å². The number of allylic oxidation sites excluding steroid dienone is 14. The molecule has 0 N–H and O–H groups in total. The van der Waals surface area contributed by atoms with Crippen LogP contribution in [0, 0.1) is 0 Å². The summed E-state index contributed by atoms with van der Waals surface area (Å²) in [6.07, 6.45) is 64.3. The van der Waals surface area contributed by atoms with Crippen molar-refractivity contribution in [3.63, 3.8) is 0 Å². The van der Waals surface area contributed by atoms with Gasteiger partial charge in [0.05, 0.1) is 0 Å². The monoisotopic (exact) mass is 863 g/mol. The fraction of sp³-hybridized carbons (Fsp3) is 0.696. The lowest BCUT2D eigenvalue weighted by molar-refractivity contribution is -0.167. The van der Waals surface area contributed by atoms with E-state index in [1.54, 1.807) is 0 Å². The molecule has 0 rings (SSSR count). The highest BCUT2D eigenvalue weighted by Gasteiger charge is 2.19. The van der Waals surface area contributed by atoms with Gasteiger partial charge in [0, 0.05) is 19.3 Å². The van der Waals surface area contributed by atoms with Crippen molar-refractivity contribution >= 4 is 17.9 Å². The number of rotatable bonds is 45. The Bertz CT molecular complexity index is 1220. The Morgan fingerprint density at radius 3 is 1.03 bits per heavy atom. The lowest BCUT2D eigenvalue weighted by Gasteiger charge is -2.18. The molecule has 62 heavy (non-hydrogen) atoms. The van der Waals surface area contributed by atoms with Crippen LogP contribution in [0.5, 0.6) is 0 Å². The summed E-state index contributed by atoms with van der Waals surface area (Å²) in [7, 11) is 0. The van der Waals surface area contributed by atoms with E-state index in [0.29, 0.717) is 19.3 Å². The standard InChI is InChI=1S/C56H94O6/c1-4-7-10-13-16-19-21-23-24-25-26-27-28-29-30-31-32-33-35-37-40-43-46-49-55(58)61-52-53(51-60-54(57)48-45-42-39-36-18-15-12-9-6-3)62-56(59)50-47-44-41-38-34-22-20-17-14-11-8-5-2/h7,10,16-17,19-20,23-24,26-27,29-30,32-33,53H,4-6,8-9,11-15,18,21-22,25,28,31,34-52H2,1-3H3/b10-7-,19-16-,20-17-,24-23-,27-26-,30-29-,33-32-. The van der Waals surface area contributed by atoms with Crippen LogP contribution in [0.1, 0.15) is 233 Å². The lowest BCUT2D eigenvalue weighted by Crippen LogP contribution is -2.30. The summed E-state index contributed by atoms with van der Waals surface area (Å²) in [5, 5.41) is 0. The van der Waals surface area contributed by atoms with E-state index in [1.165, 1.54) is 70.6 Å². The zero-order valence-corrected chi connectivity index (χ0v) is 40.4. The maximum absolute atomic E-state index is 12.7. The van der Waals surface area contributed by atoms with Crippen LogP contribution in [0.15, 0.2) is 85.1 Å². The molecular formula is C56H94O6. The Morgan fingerprint density at radius 2 is 0.629 bits per heavy atom. The molecule has 1 unspecified atom stereocenters. The number of carbonyl (C=O) groups excluding carboxylic acids is 3. The number of hydrogen-bond acceptors (Lipinski definition) is 6. The van der Waals surface area contributed by atoms with E-state index in [4.69, 9.17) is 14.2 Å². The Balaban J connectivity index is 4.34. The first-order valence-electron chi connectivity index (χ1n) is 25.6. The number of unbranched alkanes of at least 4 members (excludes halogenated alkanes) is 20. The predicted molar refractivity (Wildman–Crippen MR) is 265 cm³/mol. The summed E-state index contributed by atoms with van der Waals surface area (Å²) < 4.78 is 16.7. The minimum absolute atomic E-state index is 0.0875. The van der Waals surface area contributed by atoms with Crippen molar-refractivity contribution in [1.29, 1.82) is 0 Å². The Morgan fingerprint density at radius 1 is 0.339 bits per heavy atom. The van der Waals surface area contributed by atoms with Crippen molar-refractivity contribution < 1.29 is 28.6 Å². The molecule has 0 radical (unpaired) electrons. The van der Waals surface area contributed by atoms with E-state index in [-0.39, 0.29) is 31.1 Å². The molecule has 0 saturated carbocycles. The number of ether oxygens (including phenoxy) is 3. The highest BCUT2D eigenvalue weighted by Crippen LogP contribution is 2.13. The zero-order chi connectivity index (χ0) is 45.1. The van der Waals surface area contributed by atoms with Gasteiger partial charge < -0.3 is 14.2 Å². The molecule has 354 valence electrons. The Hall–Kier alpha value is -3.41. The van der Waals surface area contributed by atoms with E-state index in [0.717, 1.165) is 122 Å². The fourth-order valence-corrected chi connectivity index (χ4v) is 6.79.